The molecule has 0 unspecified atom stereocenters. The van der Waals surface area contributed by atoms with E-state index in [1.807, 2.05) is 6.07 Å². The Bertz CT molecular complexity index is 905. The van der Waals surface area contributed by atoms with E-state index in [2.05, 4.69) is 20.4 Å². The molecule has 8 heteroatoms. The smallest absolute Gasteiger partial charge is 0.272 e. The van der Waals surface area contributed by atoms with Gasteiger partial charge in [0.2, 0.25) is 0 Å². The fourth-order valence-corrected chi connectivity index (χ4v) is 2.31. The summed E-state index contributed by atoms with van der Waals surface area (Å²) in [5.41, 5.74) is 7.27. The standard InChI is InChI=1S/C18H19FN6O/c1-18(2,11-19)23-17(26)15-8-16(14-6-5-12(20)9-22-14)25(24-15)13-4-3-7-21-10-13/h3-10H,11,20H2,1-2H3,(H,23,26). The second-order valence-corrected chi connectivity index (χ2v) is 6.49. The highest BCUT2D eigenvalue weighted by atomic mass is 19.1. The Morgan fingerprint density at radius 1 is 1.31 bits per heavy atom. The van der Waals surface area contributed by atoms with Gasteiger partial charge in [-0.15, -0.1) is 0 Å². The molecule has 0 aliphatic carbocycles. The third kappa shape index (κ3) is 3.69. The summed E-state index contributed by atoms with van der Waals surface area (Å²) >= 11 is 0. The van der Waals surface area contributed by atoms with Gasteiger partial charge in [0.1, 0.15) is 6.67 Å². The summed E-state index contributed by atoms with van der Waals surface area (Å²) in [6.45, 7) is 2.52. The number of carbonyl (C=O) groups excluding carboxylic acids is 1. The number of alkyl halides is 1. The number of anilines is 1. The topological polar surface area (TPSA) is 98.7 Å². The van der Waals surface area contributed by atoms with Crippen LogP contribution in [0.25, 0.3) is 17.1 Å². The van der Waals surface area contributed by atoms with Crippen molar-refractivity contribution < 1.29 is 9.18 Å². The van der Waals surface area contributed by atoms with Crippen molar-refractivity contribution in [3.63, 3.8) is 0 Å². The van der Waals surface area contributed by atoms with Gasteiger partial charge in [0.05, 0.1) is 40.7 Å². The van der Waals surface area contributed by atoms with Gasteiger partial charge in [-0.05, 0) is 44.2 Å². The summed E-state index contributed by atoms with van der Waals surface area (Å²) in [5, 5.41) is 7.00. The molecule has 3 aromatic rings. The Labute approximate surface area is 150 Å². The maximum absolute atomic E-state index is 13.0. The number of nitrogen functional groups attached to an aromatic ring is 1. The highest BCUT2D eigenvalue weighted by Gasteiger charge is 2.24. The van der Waals surface area contributed by atoms with E-state index in [4.69, 9.17) is 5.73 Å². The SMILES string of the molecule is CC(C)(CF)NC(=O)c1cc(-c2ccc(N)cn2)n(-c2cccnc2)n1. The molecule has 3 heterocycles. The number of nitrogens with two attached hydrogens (primary N) is 1. The zero-order valence-corrected chi connectivity index (χ0v) is 14.5. The van der Waals surface area contributed by atoms with Crippen molar-refractivity contribution in [2.45, 2.75) is 19.4 Å². The van der Waals surface area contributed by atoms with Crippen molar-refractivity contribution in [3.8, 4) is 17.1 Å². The quantitative estimate of drug-likeness (QED) is 0.733. The molecule has 0 bridgehead atoms. The zero-order chi connectivity index (χ0) is 18.7. The van der Waals surface area contributed by atoms with Gasteiger partial charge in [0, 0.05) is 6.20 Å². The highest BCUT2D eigenvalue weighted by Crippen LogP contribution is 2.23. The van der Waals surface area contributed by atoms with Crippen molar-refractivity contribution in [2.24, 2.45) is 0 Å². The first-order valence-corrected chi connectivity index (χ1v) is 8.00. The molecule has 3 N–H and O–H groups in total. The van der Waals surface area contributed by atoms with Crippen LogP contribution in [0.1, 0.15) is 24.3 Å². The van der Waals surface area contributed by atoms with Gasteiger partial charge in [-0.2, -0.15) is 5.10 Å². The van der Waals surface area contributed by atoms with Crippen LogP contribution in [0.15, 0.2) is 48.9 Å². The van der Waals surface area contributed by atoms with E-state index >= 15 is 0 Å². The first kappa shape index (κ1) is 17.5. The molecule has 26 heavy (non-hydrogen) atoms. The molecule has 0 aliphatic rings. The Hall–Kier alpha value is -3.29. The molecular formula is C18H19FN6O. The first-order chi connectivity index (χ1) is 12.4. The van der Waals surface area contributed by atoms with Crippen molar-refractivity contribution in [1.82, 2.24) is 25.1 Å². The lowest BCUT2D eigenvalue weighted by Crippen LogP contribution is -2.45. The number of pyridine rings is 2. The Balaban J connectivity index is 2.06. The van der Waals surface area contributed by atoms with Crippen molar-refractivity contribution in [3.05, 3.63) is 54.6 Å². The van der Waals surface area contributed by atoms with E-state index in [1.165, 1.54) is 6.20 Å². The fourth-order valence-electron chi connectivity index (χ4n) is 2.31. The number of rotatable bonds is 5. The molecule has 134 valence electrons. The number of amides is 1. The summed E-state index contributed by atoms with van der Waals surface area (Å²) in [6, 6.07) is 8.65. The maximum atomic E-state index is 13.0. The Kier molecular flexibility index (Phi) is 4.66. The van der Waals surface area contributed by atoms with E-state index in [-0.39, 0.29) is 5.69 Å². The van der Waals surface area contributed by atoms with Gasteiger partial charge in [0.15, 0.2) is 5.69 Å². The minimum atomic E-state index is -0.977. The van der Waals surface area contributed by atoms with Crippen LogP contribution in [0.2, 0.25) is 0 Å². The number of halogens is 1. The van der Waals surface area contributed by atoms with E-state index in [0.29, 0.717) is 22.8 Å². The Morgan fingerprint density at radius 2 is 2.12 bits per heavy atom. The molecule has 0 saturated heterocycles. The average Bonchev–Trinajstić information content (AvgIpc) is 3.08. The van der Waals surface area contributed by atoms with Gasteiger partial charge in [0.25, 0.3) is 5.91 Å². The van der Waals surface area contributed by atoms with Crippen LogP contribution in [0.3, 0.4) is 0 Å². The van der Waals surface area contributed by atoms with Crippen molar-refractivity contribution in [2.75, 3.05) is 12.4 Å². The van der Waals surface area contributed by atoms with Gasteiger partial charge >= 0.3 is 0 Å². The third-order valence-electron chi connectivity index (χ3n) is 3.67. The molecule has 0 aromatic carbocycles. The maximum Gasteiger partial charge on any atom is 0.272 e. The molecule has 0 radical (unpaired) electrons. The third-order valence-corrected chi connectivity index (χ3v) is 3.67. The molecule has 1 amide bonds. The van der Waals surface area contributed by atoms with Crippen LogP contribution in [-0.4, -0.2) is 37.9 Å². The van der Waals surface area contributed by atoms with E-state index in [1.54, 1.807) is 55.2 Å². The largest absolute Gasteiger partial charge is 0.397 e. The zero-order valence-electron chi connectivity index (χ0n) is 14.5. The molecular weight excluding hydrogens is 335 g/mol. The number of carbonyl (C=O) groups is 1. The van der Waals surface area contributed by atoms with Gasteiger partial charge in [-0.1, -0.05) is 0 Å². The number of aromatic nitrogens is 4. The molecule has 0 fully saturated rings. The lowest BCUT2D eigenvalue weighted by molar-refractivity contribution is 0.0894. The van der Waals surface area contributed by atoms with Crippen LogP contribution in [0.4, 0.5) is 10.1 Å². The van der Waals surface area contributed by atoms with E-state index in [0.717, 1.165) is 0 Å². The van der Waals surface area contributed by atoms with Gasteiger partial charge < -0.3 is 11.1 Å². The lowest BCUT2D eigenvalue weighted by Gasteiger charge is -2.21. The number of nitrogens with one attached hydrogen (secondary N) is 1. The minimum absolute atomic E-state index is 0.156. The molecule has 3 rings (SSSR count). The van der Waals surface area contributed by atoms with Crippen LogP contribution < -0.4 is 11.1 Å². The van der Waals surface area contributed by atoms with Crippen LogP contribution in [0, 0.1) is 0 Å². The Morgan fingerprint density at radius 3 is 2.73 bits per heavy atom. The fraction of sp³-hybridized carbons (Fsp3) is 0.222. The summed E-state index contributed by atoms with van der Waals surface area (Å²) in [7, 11) is 0. The summed E-state index contributed by atoms with van der Waals surface area (Å²) < 4.78 is 14.6. The summed E-state index contributed by atoms with van der Waals surface area (Å²) in [5.74, 6) is -0.466. The molecule has 0 spiro atoms. The summed E-state index contributed by atoms with van der Waals surface area (Å²) in [6.07, 6.45) is 4.80. The first-order valence-electron chi connectivity index (χ1n) is 8.00. The van der Waals surface area contributed by atoms with Gasteiger partial charge in [-0.3, -0.25) is 14.8 Å². The molecule has 3 aromatic heterocycles. The molecule has 0 atom stereocenters. The lowest BCUT2D eigenvalue weighted by atomic mass is 10.1. The molecule has 7 nitrogen and oxygen atoms in total. The monoisotopic (exact) mass is 354 g/mol. The number of hydrogen-bond acceptors (Lipinski definition) is 5. The highest BCUT2D eigenvalue weighted by molar-refractivity contribution is 5.94. The van der Waals surface area contributed by atoms with Gasteiger partial charge in [-0.25, -0.2) is 9.07 Å². The summed E-state index contributed by atoms with van der Waals surface area (Å²) in [4.78, 5) is 20.9. The number of hydrogen-bond donors (Lipinski definition) is 2. The predicted octanol–water partition coefficient (Wildman–Crippen LogP) is 2.39. The van der Waals surface area contributed by atoms with Crippen LogP contribution >= 0.6 is 0 Å². The predicted molar refractivity (Wildman–Crippen MR) is 96.5 cm³/mol. The van der Waals surface area contributed by atoms with E-state index in [9.17, 15) is 9.18 Å². The van der Waals surface area contributed by atoms with Crippen LogP contribution in [-0.2, 0) is 0 Å². The van der Waals surface area contributed by atoms with E-state index < -0.39 is 18.1 Å². The second-order valence-electron chi connectivity index (χ2n) is 6.49. The second kappa shape index (κ2) is 6.91. The molecule has 0 saturated carbocycles. The normalized spacial score (nSPS) is 11.3. The van der Waals surface area contributed by atoms with Crippen molar-refractivity contribution in [1.29, 1.82) is 0 Å². The number of nitrogens with zero attached hydrogens (tertiary/aromatic N) is 4. The molecule has 0 aliphatic heterocycles. The minimum Gasteiger partial charge on any atom is -0.397 e. The van der Waals surface area contributed by atoms with Crippen molar-refractivity contribution >= 4 is 11.6 Å². The van der Waals surface area contributed by atoms with Crippen LogP contribution in [0.5, 0.6) is 0 Å². The average molecular weight is 354 g/mol.